The van der Waals surface area contributed by atoms with Crippen LogP contribution < -0.4 is 10.5 Å². The number of hydrogen-bond acceptors (Lipinski definition) is 2. The summed E-state index contributed by atoms with van der Waals surface area (Å²) < 4.78 is 19.6. The maximum absolute atomic E-state index is 14.0. The summed E-state index contributed by atoms with van der Waals surface area (Å²) in [6, 6.07) is 10.6. The van der Waals surface area contributed by atoms with Crippen LogP contribution in [0.3, 0.4) is 0 Å². The van der Waals surface area contributed by atoms with Crippen molar-refractivity contribution >= 4 is 5.69 Å². The molecule has 3 rings (SSSR count). The summed E-state index contributed by atoms with van der Waals surface area (Å²) in [5, 5.41) is 0. The van der Waals surface area contributed by atoms with Crippen LogP contribution in [0.1, 0.15) is 18.4 Å². The molecule has 1 fully saturated rings. The lowest BCUT2D eigenvalue weighted by molar-refractivity contribution is 0.303. The molecule has 0 aromatic heterocycles. The second kappa shape index (κ2) is 4.57. The van der Waals surface area contributed by atoms with Crippen molar-refractivity contribution < 1.29 is 9.13 Å². The average Bonchev–Trinajstić information content (AvgIpc) is 3.19. The van der Waals surface area contributed by atoms with Gasteiger partial charge in [0, 0.05) is 11.3 Å². The van der Waals surface area contributed by atoms with Crippen molar-refractivity contribution in [1.29, 1.82) is 0 Å². The topological polar surface area (TPSA) is 35.2 Å². The second-order valence-corrected chi connectivity index (χ2v) is 5.03. The smallest absolute Gasteiger partial charge is 0.131 e. The molecule has 0 bridgehead atoms. The predicted molar refractivity (Wildman–Crippen MR) is 74.6 cm³/mol. The largest absolute Gasteiger partial charge is 0.490 e. The van der Waals surface area contributed by atoms with Gasteiger partial charge in [0.1, 0.15) is 11.6 Å². The molecule has 98 valence electrons. The molecule has 0 heterocycles. The van der Waals surface area contributed by atoms with E-state index in [0.717, 1.165) is 29.7 Å². The zero-order valence-electron chi connectivity index (χ0n) is 10.8. The molecule has 0 amide bonds. The normalized spacial score (nSPS) is 14.4. The molecule has 0 aliphatic heterocycles. The fourth-order valence-electron chi connectivity index (χ4n) is 2.00. The van der Waals surface area contributed by atoms with Gasteiger partial charge >= 0.3 is 0 Å². The van der Waals surface area contributed by atoms with Crippen molar-refractivity contribution in [2.24, 2.45) is 0 Å². The summed E-state index contributed by atoms with van der Waals surface area (Å²) in [5.74, 6) is 0.592. The molecule has 0 radical (unpaired) electrons. The van der Waals surface area contributed by atoms with E-state index in [-0.39, 0.29) is 5.82 Å². The third kappa shape index (κ3) is 2.55. The molecule has 3 heteroatoms. The van der Waals surface area contributed by atoms with Crippen LogP contribution in [0, 0.1) is 12.7 Å². The summed E-state index contributed by atoms with van der Waals surface area (Å²) in [6.45, 7) is 1.80. The highest BCUT2D eigenvalue weighted by Gasteiger charge is 2.23. The van der Waals surface area contributed by atoms with E-state index in [9.17, 15) is 4.39 Å². The van der Waals surface area contributed by atoms with Gasteiger partial charge in [-0.25, -0.2) is 4.39 Å². The number of halogens is 1. The SMILES string of the molecule is Cc1cc(F)c(-c2ccc(OC3CC3)cc2)cc1N. The van der Waals surface area contributed by atoms with E-state index < -0.39 is 0 Å². The van der Waals surface area contributed by atoms with Crippen LogP contribution in [0.25, 0.3) is 11.1 Å². The van der Waals surface area contributed by atoms with Crippen LogP contribution >= 0.6 is 0 Å². The molecule has 0 unspecified atom stereocenters. The Labute approximate surface area is 112 Å². The third-order valence-electron chi connectivity index (χ3n) is 3.35. The lowest BCUT2D eigenvalue weighted by Gasteiger charge is -2.09. The summed E-state index contributed by atoms with van der Waals surface area (Å²) in [4.78, 5) is 0. The van der Waals surface area contributed by atoms with Crippen molar-refractivity contribution in [1.82, 2.24) is 0 Å². The fraction of sp³-hybridized carbons (Fsp3) is 0.250. The van der Waals surface area contributed by atoms with Gasteiger partial charge < -0.3 is 10.5 Å². The molecule has 2 N–H and O–H groups in total. The van der Waals surface area contributed by atoms with E-state index in [0.29, 0.717) is 17.4 Å². The van der Waals surface area contributed by atoms with Crippen LogP contribution in [-0.4, -0.2) is 6.10 Å². The Balaban J connectivity index is 1.90. The number of nitrogen functional groups attached to an aromatic ring is 1. The summed E-state index contributed by atoms with van der Waals surface area (Å²) in [5.41, 5.74) is 8.55. The first kappa shape index (κ1) is 12.0. The molecular formula is C16H16FNO. The molecular weight excluding hydrogens is 241 g/mol. The molecule has 2 nitrogen and oxygen atoms in total. The third-order valence-corrected chi connectivity index (χ3v) is 3.35. The number of hydrogen-bond donors (Lipinski definition) is 1. The molecule has 1 saturated carbocycles. The molecule has 1 aliphatic carbocycles. The molecule has 0 spiro atoms. The molecule has 2 aromatic rings. The second-order valence-electron chi connectivity index (χ2n) is 5.03. The van der Waals surface area contributed by atoms with E-state index in [2.05, 4.69) is 0 Å². The zero-order valence-corrected chi connectivity index (χ0v) is 10.8. The van der Waals surface area contributed by atoms with Crippen molar-refractivity contribution in [3.8, 4) is 16.9 Å². The Hall–Kier alpha value is -2.03. The lowest BCUT2D eigenvalue weighted by Crippen LogP contribution is -1.96. The predicted octanol–water partition coefficient (Wildman–Crippen LogP) is 3.92. The molecule has 2 aromatic carbocycles. The monoisotopic (exact) mass is 257 g/mol. The van der Waals surface area contributed by atoms with Crippen LogP contribution in [0.5, 0.6) is 5.75 Å². The first-order valence-electron chi connectivity index (χ1n) is 6.46. The highest BCUT2D eigenvalue weighted by atomic mass is 19.1. The minimum Gasteiger partial charge on any atom is -0.490 e. The van der Waals surface area contributed by atoms with Gasteiger partial charge in [-0.15, -0.1) is 0 Å². The number of aryl methyl sites for hydroxylation is 1. The van der Waals surface area contributed by atoms with Gasteiger partial charge in [-0.1, -0.05) is 12.1 Å². The van der Waals surface area contributed by atoms with Crippen molar-refractivity contribution in [2.45, 2.75) is 25.9 Å². The molecule has 0 saturated heterocycles. The van der Waals surface area contributed by atoms with E-state index in [1.54, 1.807) is 13.0 Å². The van der Waals surface area contributed by atoms with Crippen molar-refractivity contribution in [2.75, 3.05) is 5.73 Å². The average molecular weight is 257 g/mol. The molecule has 0 atom stereocenters. The van der Waals surface area contributed by atoms with E-state index in [1.807, 2.05) is 24.3 Å². The zero-order chi connectivity index (χ0) is 13.4. The summed E-state index contributed by atoms with van der Waals surface area (Å²) in [6.07, 6.45) is 2.63. The van der Waals surface area contributed by atoms with Crippen molar-refractivity contribution in [3.63, 3.8) is 0 Å². The minimum absolute atomic E-state index is 0.248. The van der Waals surface area contributed by atoms with Gasteiger partial charge in [0.05, 0.1) is 6.10 Å². The Morgan fingerprint density at radius 2 is 1.84 bits per heavy atom. The Morgan fingerprint density at radius 3 is 2.47 bits per heavy atom. The van der Waals surface area contributed by atoms with Crippen LogP contribution in [0.15, 0.2) is 36.4 Å². The van der Waals surface area contributed by atoms with E-state index in [4.69, 9.17) is 10.5 Å². The van der Waals surface area contributed by atoms with Crippen molar-refractivity contribution in [3.05, 3.63) is 47.8 Å². The van der Waals surface area contributed by atoms with Gasteiger partial charge in [0.25, 0.3) is 0 Å². The number of anilines is 1. The number of rotatable bonds is 3. The van der Waals surface area contributed by atoms with E-state index in [1.165, 1.54) is 6.07 Å². The quantitative estimate of drug-likeness (QED) is 0.846. The molecule has 1 aliphatic rings. The van der Waals surface area contributed by atoms with Crippen LogP contribution in [0.4, 0.5) is 10.1 Å². The Bertz CT molecular complexity index is 603. The van der Waals surface area contributed by atoms with Gasteiger partial charge in [0.15, 0.2) is 0 Å². The van der Waals surface area contributed by atoms with Crippen LogP contribution in [-0.2, 0) is 0 Å². The summed E-state index contributed by atoms with van der Waals surface area (Å²) in [7, 11) is 0. The first-order chi connectivity index (χ1) is 9.13. The standard InChI is InChI=1S/C16H16FNO/c1-10-8-15(17)14(9-16(10)18)11-2-4-12(5-3-11)19-13-6-7-13/h2-5,8-9,13H,6-7,18H2,1H3. The molecule has 19 heavy (non-hydrogen) atoms. The maximum atomic E-state index is 14.0. The van der Waals surface area contributed by atoms with Gasteiger partial charge in [0.2, 0.25) is 0 Å². The van der Waals surface area contributed by atoms with Gasteiger partial charge in [-0.05, 0) is 55.2 Å². The van der Waals surface area contributed by atoms with E-state index >= 15 is 0 Å². The van der Waals surface area contributed by atoms with Gasteiger partial charge in [-0.3, -0.25) is 0 Å². The number of nitrogens with two attached hydrogens (primary N) is 1. The minimum atomic E-state index is -0.248. The Kier molecular flexibility index (Phi) is 2.90. The lowest BCUT2D eigenvalue weighted by atomic mass is 10.0. The number of benzene rings is 2. The number of ether oxygens (including phenoxy) is 1. The first-order valence-corrected chi connectivity index (χ1v) is 6.46. The maximum Gasteiger partial charge on any atom is 0.131 e. The fourth-order valence-corrected chi connectivity index (χ4v) is 2.00. The highest BCUT2D eigenvalue weighted by Crippen LogP contribution is 2.31. The highest BCUT2D eigenvalue weighted by molar-refractivity contribution is 5.70. The summed E-state index contributed by atoms with van der Waals surface area (Å²) >= 11 is 0. The van der Waals surface area contributed by atoms with Gasteiger partial charge in [-0.2, -0.15) is 0 Å². The Morgan fingerprint density at radius 1 is 1.16 bits per heavy atom. The van der Waals surface area contributed by atoms with Crippen LogP contribution in [0.2, 0.25) is 0 Å².